The van der Waals surface area contributed by atoms with E-state index in [9.17, 15) is 0 Å². The van der Waals surface area contributed by atoms with Gasteiger partial charge in [0.15, 0.2) is 0 Å². The number of methoxy groups -OCH3 is 1. The van der Waals surface area contributed by atoms with Crippen molar-refractivity contribution < 1.29 is 14.6 Å². The van der Waals surface area contributed by atoms with Gasteiger partial charge in [-0.05, 0) is 22.6 Å². The second-order valence-electron chi connectivity index (χ2n) is 3.66. The maximum Gasteiger partial charge on any atom is 0.319 e. The number of aromatic nitrogens is 2. The van der Waals surface area contributed by atoms with Crippen LogP contribution in [0.25, 0.3) is 0 Å². The van der Waals surface area contributed by atoms with Crippen molar-refractivity contribution in [3.05, 3.63) is 9.77 Å². The van der Waals surface area contributed by atoms with Gasteiger partial charge in [0.25, 0.3) is 0 Å². The standard InChI is InChI=1S/C10H14IN3O3/c1-16-10-12-8(11)4-9(13-10)14-2-3-17-7(5-14)6-15/h4,7,15H,2-3,5-6H2,1H3. The van der Waals surface area contributed by atoms with Crippen LogP contribution in [-0.4, -0.2) is 54.6 Å². The highest BCUT2D eigenvalue weighted by molar-refractivity contribution is 14.1. The Morgan fingerprint density at radius 2 is 2.47 bits per heavy atom. The van der Waals surface area contributed by atoms with Gasteiger partial charge in [0.1, 0.15) is 9.52 Å². The third-order valence-corrected chi connectivity index (χ3v) is 3.06. The lowest BCUT2D eigenvalue weighted by Crippen LogP contribution is -2.44. The van der Waals surface area contributed by atoms with Crippen LogP contribution >= 0.6 is 22.6 Å². The fourth-order valence-corrected chi connectivity index (χ4v) is 2.16. The summed E-state index contributed by atoms with van der Waals surface area (Å²) in [7, 11) is 1.55. The molecule has 1 aliphatic heterocycles. The van der Waals surface area contributed by atoms with Gasteiger partial charge in [0.2, 0.25) is 0 Å². The molecule has 1 fully saturated rings. The predicted octanol–water partition coefficient (Wildman–Crippen LogP) is 0.287. The third-order valence-electron chi connectivity index (χ3n) is 2.51. The van der Waals surface area contributed by atoms with E-state index in [-0.39, 0.29) is 12.7 Å². The summed E-state index contributed by atoms with van der Waals surface area (Å²) in [5, 5.41) is 9.10. The number of halogens is 1. The fraction of sp³-hybridized carbons (Fsp3) is 0.600. The average Bonchev–Trinajstić information content (AvgIpc) is 2.38. The fourth-order valence-electron chi connectivity index (χ4n) is 1.68. The zero-order valence-corrected chi connectivity index (χ0v) is 11.6. The summed E-state index contributed by atoms with van der Waals surface area (Å²) in [6.45, 7) is 2.00. The lowest BCUT2D eigenvalue weighted by molar-refractivity contribution is 0.00332. The molecular weight excluding hydrogens is 337 g/mol. The number of hydrogen-bond donors (Lipinski definition) is 1. The molecule has 0 radical (unpaired) electrons. The number of hydrogen-bond acceptors (Lipinski definition) is 6. The zero-order valence-electron chi connectivity index (χ0n) is 9.47. The van der Waals surface area contributed by atoms with Crippen molar-refractivity contribution in [3.63, 3.8) is 0 Å². The summed E-state index contributed by atoms with van der Waals surface area (Å²) >= 11 is 2.13. The summed E-state index contributed by atoms with van der Waals surface area (Å²) in [6, 6.07) is 2.25. The number of aliphatic hydroxyl groups is 1. The number of nitrogens with zero attached hydrogens (tertiary/aromatic N) is 3. The first-order chi connectivity index (χ1) is 8.22. The summed E-state index contributed by atoms with van der Waals surface area (Å²) in [6.07, 6.45) is -0.151. The quantitative estimate of drug-likeness (QED) is 0.624. The summed E-state index contributed by atoms with van der Waals surface area (Å²) < 4.78 is 11.3. The van der Waals surface area contributed by atoms with Crippen molar-refractivity contribution >= 4 is 28.4 Å². The van der Waals surface area contributed by atoms with Gasteiger partial charge in [-0.15, -0.1) is 0 Å². The molecule has 17 heavy (non-hydrogen) atoms. The molecule has 94 valence electrons. The molecule has 1 unspecified atom stereocenters. The van der Waals surface area contributed by atoms with Crippen molar-refractivity contribution in [2.24, 2.45) is 0 Å². The molecule has 2 heterocycles. The minimum absolute atomic E-state index is 0.0236. The van der Waals surface area contributed by atoms with E-state index < -0.39 is 0 Å². The molecule has 1 saturated heterocycles. The second kappa shape index (κ2) is 5.78. The van der Waals surface area contributed by atoms with Gasteiger partial charge in [-0.2, -0.15) is 9.97 Å². The van der Waals surface area contributed by atoms with Crippen LogP contribution in [0.4, 0.5) is 5.82 Å². The van der Waals surface area contributed by atoms with Gasteiger partial charge >= 0.3 is 6.01 Å². The Morgan fingerprint density at radius 1 is 1.65 bits per heavy atom. The maximum absolute atomic E-state index is 9.10. The van der Waals surface area contributed by atoms with E-state index in [1.807, 2.05) is 6.07 Å². The largest absolute Gasteiger partial charge is 0.467 e. The normalized spacial score (nSPS) is 20.4. The molecule has 1 aliphatic rings. The molecule has 6 nitrogen and oxygen atoms in total. The van der Waals surface area contributed by atoms with E-state index in [0.717, 1.165) is 16.1 Å². The molecule has 2 rings (SSSR count). The van der Waals surface area contributed by atoms with E-state index in [1.165, 1.54) is 0 Å². The van der Waals surface area contributed by atoms with E-state index in [0.29, 0.717) is 19.2 Å². The Morgan fingerprint density at radius 3 is 3.18 bits per heavy atom. The van der Waals surface area contributed by atoms with Gasteiger partial charge in [-0.1, -0.05) is 0 Å². The molecule has 1 aromatic rings. The van der Waals surface area contributed by atoms with Crippen LogP contribution in [0.15, 0.2) is 6.07 Å². The van der Waals surface area contributed by atoms with Crippen molar-refractivity contribution in [2.75, 3.05) is 38.3 Å². The Bertz CT molecular complexity index is 391. The monoisotopic (exact) mass is 351 g/mol. The number of aliphatic hydroxyl groups excluding tert-OH is 1. The highest BCUT2D eigenvalue weighted by atomic mass is 127. The molecule has 1 atom stereocenters. The first kappa shape index (κ1) is 12.8. The van der Waals surface area contributed by atoms with Gasteiger partial charge in [-0.25, -0.2) is 0 Å². The van der Waals surface area contributed by atoms with Crippen LogP contribution in [0, 0.1) is 3.70 Å². The first-order valence-electron chi connectivity index (χ1n) is 5.29. The van der Waals surface area contributed by atoms with Crippen LogP contribution in [0.3, 0.4) is 0 Å². The van der Waals surface area contributed by atoms with Crippen LogP contribution in [-0.2, 0) is 4.74 Å². The van der Waals surface area contributed by atoms with Crippen molar-refractivity contribution in [2.45, 2.75) is 6.10 Å². The minimum Gasteiger partial charge on any atom is -0.467 e. The zero-order chi connectivity index (χ0) is 12.3. The summed E-state index contributed by atoms with van der Waals surface area (Å²) in [5.41, 5.74) is 0. The van der Waals surface area contributed by atoms with E-state index in [1.54, 1.807) is 7.11 Å². The average molecular weight is 351 g/mol. The Hall–Kier alpha value is -0.670. The van der Waals surface area contributed by atoms with E-state index in [2.05, 4.69) is 37.5 Å². The van der Waals surface area contributed by atoms with Gasteiger partial charge < -0.3 is 19.5 Å². The SMILES string of the molecule is COc1nc(I)cc(N2CCOC(CO)C2)n1. The molecule has 7 heteroatoms. The van der Waals surface area contributed by atoms with Crippen molar-refractivity contribution in [1.29, 1.82) is 0 Å². The molecular formula is C10H14IN3O3. The first-order valence-corrected chi connectivity index (χ1v) is 6.37. The topological polar surface area (TPSA) is 67.7 Å². The Balaban J connectivity index is 2.18. The molecule has 0 aliphatic carbocycles. The molecule has 0 spiro atoms. The second-order valence-corrected chi connectivity index (χ2v) is 4.76. The number of morpholine rings is 1. The summed E-state index contributed by atoms with van der Waals surface area (Å²) in [4.78, 5) is 10.5. The van der Waals surface area contributed by atoms with Crippen LogP contribution in [0.5, 0.6) is 6.01 Å². The number of anilines is 1. The molecule has 0 bridgehead atoms. The molecule has 1 aromatic heterocycles. The molecule has 0 amide bonds. The molecule has 0 saturated carbocycles. The number of ether oxygens (including phenoxy) is 2. The molecule has 0 aromatic carbocycles. The molecule has 1 N–H and O–H groups in total. The van der Waals surface area contributed by atoms with Gasteiger partial charge in [-0.3, -0.25) is 0 Å². The predicted molar refractivity (Wildman–Crippen MR) is 70.3 cm³/mol. The minimum atomic E-state index is -0.151. The van der Waals surface area contributed by atoms with Crippen molar-refractivity contribution in [1.82, 2.24) is 9.97 Å². The number of rotatable bonds is 3. The highest BCUT2D eigenvalue weighted by Crippen LogP contribution is 2.19. The van der Waals surface area contributed by atoms with Crippen molar-refractivity contribution in [3.8, 4) is 6.01 Å². The van der Waals surface area contributed by atoms with Gasteiger partial charge in [0.05, 0.1) is 26.4 Å². The van der Waals surface area contributed by atoms with E-state index >= 15 is 0 Å². The van der Waals surface area contributed by atoms with E-state index in [4.69, 9.17) is 14.6 Å². The smallest absolute Gasteiger partial charge is 0.319 e. The summed E-state index contributed by atoms with van der Waals surface area (Å²) in [5.74, 6) is 0.808. The van der Waals surface area contributed by atoms with Crippen LogP contribution in [0.1, 0.15) is 0 Å². The van der Waals surface area contributed by atoms with Crippen LogP contribution < -0.4 is 9.64 Å². The maximum atomic E-state index is 9.10. The van der Waals surface area contributed by atoms with Crippen LogP contribution in [0.2, 0.25) is 0 Å². The lowest BCUT2D eigenvalue weighted by atomic mass is 10.3. The third kappa shape index (κ3) is 3.17. The van der Waals surface area contributed by atoms with Gasteiger partial charge in [0, 0.05) is 19.2 Å². The highest BCUT2D eigenvalue weighted by Gasteiger charge is 2.21. The Labute approximate surface area is 113 Å². The Kier molecular flexibility index (Phi) is 4.35. The lowest BCUT2D eigenvalue weighted by Gasteiger charge is -2.32.